The van der Waals surface area contributed by atoms with Gasteiger partial charge in [-0.1, -0.05) is 17.7 Å². The van der Waals surface area contributed by atoms with Gasteiger partial charge in [-0.3, -0.25) is 9.59 Å². The van der Waals surface area contributed by atoms with E-state index < -0.39 is 5.91 Å². The molecular weight excluding hydrogens is 316 g/mol. The van der Waals surface area contributed by atoms with Crippen molar-refractivity contribution in [2.45, 2.75) is 0 Å². The van der Waals surface area contributed by atoms with Crippen LogP contribution in [0.4, 0.5) is 5.69 Å². The fourth-order valence-corrected chi connectivity index (χ4v) is 2.16. The summed E-state index contributed by atoms with van der Waals surface area (Å²) in [6, 6.07) is 13.9. The maximum absolute atomic E-state index is 12.0. The summed E-state index contributed by atoms with van der Waals surface area (Å²) in [7, 11) is 0. The minimum Gasteiger partial charge on any atom is -0.342 e. The molecule has 7 heteroatoms. The maximum atomic E-state index is 12.0. The number of benzene rings is 1. The SMILES string of the molecule is O=C(CNC(=O)c1cc2ccccn2n1)Nc1ccc(Cl)cc1. The van der Waals surface area contributed by atoms with Crippen molar-refractivity contribution in [3.05, 3.63) is 65.4 Å². The van der Waals surface area contributed by atoms with Crippen LogP contribution < -0.4 is 10.6 Å². The molecule has 0 aliphatic carbocycles. The number of nitrogens with one attached hydrogen (secondary N) is 2. The van der Waals surface area contributed by atoms with Gasteiger partial charge in [-0.25, -0.2) is 4.52 Å². The lowest BCUT2D eigenvalue weighted by Gasteiger charge is -2.06. The highest BCUT2D eigenvalue weighted by Gasteiger charge is 2.12. The van der Waals surface area contributed by atoms with Crippen molar-refractivity contribution in [2.24, 2.45) is 0 Å². The predicted octanol–water partition coefficient (Wildman–Crippen LogP) is 2.36. The average molecular weight is 329 g/mol. The van der Waals surface area contributed by atoms with Crippen LogP contribution in [0.15, 0.2) is 54.7 Å². The number of hydrogen-bond acceptors (Lipinski definition) is 3. The number of carbonyl (C=O) groups is 2. The van der Waals surface area contributed by atoms with Gasteiger partial charge in [-0.15, -0.1) is 0 Å². The molecule has 2 heterocycles. The lowest BCUT2D eigenvalue weighted by molar-refractivity contribution is -0.115. The Hall–Kier alpha value is -2.86. The second kappa shape index (κ2) is 6.50. The molecular formula is C16H13ClN4O2. The Kier molecular flexibility index (Phi) is 4.25. The summed E-state index contributed by atoms with van der Waals surface area (Å²) < 4.78 is 1.60. The maximum Gasteiger partial charge on any atom is 0.272 e. The fraction of sp³-hybridized carbons (Fsp3) is 0.0625. The summed E-state index contributed by atoms with van der Waals surface area (Å²) in [6.45, 7) is -0.144. The zero-order valence-corrected chi connectivity index (χ0v) is 12.7. The van der Waals surface area contributed by atoms with Gasteiger partial charge in [0.1, 0.15) is 0 Å². The van der Waals surface area contributed by atoms with E-state index in [-0.39, 0.29) is 18.1 Å². The predicted molar refractivity (Wildman–Crippen MR) is 87.6 cm³/mol. The number of anilines is 1. The molecule has 2 amide bonds. The van der Waals surface area contributed by atoms with Crippen LogP contribution in [-0.4, -0.2) is 28.0 Å². The minimum atomic E-state index is -0.403. The highest BCUT2D eigenvalue weighted by Crippen LogP contribution is 2.13. The lowest BCUT2D eigenvalue weighted by Crippen LogP contribution is -2.33. The number of carbonyl (C=O) groups excluding carboxylic acids is 2. The molecule has 2 N–H and O–H groups in total. The largest absolute Gasteiger partial charge is 0.342 e. The zero-order valence-electron chi connectivity index (χ0n) is 12.0. The van der Waals surface area contributed by atoms with E-state index in [1.807, 2.05) is 18.2 Å². The lowest BCUT2D eigenvalue weighted by atomic mass is 10.3. The van der Waals surface area contributed by atoms with Crippen LogP contribution >= 0.6 is 11.6 Å². The van der Waals surface area contributed by atoms with Crippen molar-refractivity contribution in [1.29, 1.82) is 0 Å². The van der Waals surface area contributed by atoms with E-state index in [2.05, 4.69) is 15.7 Å². The first kappa shape index (κ1) is 15.1. The normalized spacial score (nSPS) is 10.5. The first-order valence-corrected chi connectivity index (χ1v) is 7.28. The molecule has 0 fully saturated rings. The molecule has 0 spiro atoms. The fourth-order valence-electron chi connectivity index (χ4n) is 2.04. The summed E-state index contributed by atoms with van der Waals surface area (Å²) in [5, 5.41) is 9.93. The summed E-state index contributed by atoms with van der Waals surface area (Å²) in [6.07, 6.45) is 1.75. The number of aromatic nitrogens is 2. The van der Waals surface area contributed by atoms with Gasteiger partial charge in [0.05, 0.1) is 12.1 Å². The van der Waals surface area contributed by atoms with E-state index in [0.717, 1.165) is 5.52 Å². The van der Waals surface area contributed by atoms with Crippen LogP contribution in [0, 0.1) is 0 Å². The van der Waals surface area contributed by atoms with Crippen LogP contribution in [0.25, 0.3) is 5.52 Å². The molecule has 2 aromatic heterocycles. The quantitative estimate of drug-likeness (QED) is 0.772. The Morgan fingerprint density at radius 2 is 1.91 bits per heavy atom. The minimum absolute atomic E-state index is 0.144. The standard InChI is InChI=1S/C16H13ClN4O2/c17-11-4-6-12(7-5-11)19-15(22)10-18-16(23)14-9-13-3-1-2-8-21(13)20-14/h1-9H,10H2,(H,18,23)(H,19,22). The topological polar surface area (TPSA) is 75.5 Å². The summed E-state index contributed by atoms with van der Waals surface area (Å²) in [5.41, 5.74) is 1.68. The first-order valence-electron chi connectivity index (χ1n) is 6.90. The van der Waals surface area contributed by atoms with Gasteiger partial charge < -0.3 is 10.6 Å². The van der Waals surface area contributed by atoms with Crippen molar-refractivity contribution < 1.29 is 9.59 Å². The van der Waals surface area contributed by atoms with Crippen LogP contribution in [-0.2, 0) is 4.79 Å². The molecule has 116 valence electrons. The molecule has 3 aromatic rings. The molecule has 0 aliphatic heterocycles. The van der Waals surface area contributed by atoms with E-state index in [4.69, 9.17) is 11.6 Å². The number of fused-ring (bicyclic) bond motifs is 1. The van der Waals surface area contributed by atoms with Crippen LogP contribution in [0.1, 0.15) is 10.5 Å². The Balaban J connectivity index is 1.57. The monoisotopic (exact) mass is 328 g/mol. The van der Waals surface area contributed by atoms with Gasteiger partial charge >= 0.3 is 0 Å². The number of pyridine rings is 1. The van der Waals surface area contributed by atoms with Crippen LogP contribution in [0.5, 0.6) is 0 Å². The van der Waals surface area contributed by atoms with Gasteiger partial charge in [0, 0.05) is 16.9 Å². The van der Waals surface area contributed by atoms with Gasteiger partial charge in [-0.2, -0.15) is 5.10 Å². The summed E-state index contributed by atoms with van der Waals surface area (Å²) in [4.78, 5) is 23.9. The van der Waals surface area contributed by atoms with Gasteiger partial charge in [-0.05, 0) is 42.5 Å². The number of rotatable bonds is 4. The Morgan fingerprint density at radius 1 is 1.13 bits per heavy atom. The molecule has 0 saturated carbocycles. The van der Waals surface area contributed by atoms with Crippen molar-refractivity contribution in [2.75, 3.05) is 11.9 Å². The number of hydrogen-bond donors (Lipinski definition) is 2. The molecule has 0 bridgehead atoms. The smallest absolute Gasteiger partial charge is 0.272 e. The Bertz CT molecular complexity index is 825. The van der Waals surface area contributed by atoms with Crippen LogP contribution in [0.2, 0.25) is 5.02 Å². The highest BCUT2D eigenvalue weighted by atomic mass is 35.5. The molecule has 0 saturated heterocycles. The van der Waals surface area contributed by atoms with E-state index in [1.165, 1.54) is 0 Å². The summed E-state index contributed by atoms with van der Waals surface area (Å²) >= 11 is 5.77. The van der Waals surface area contributed by atoms with Crippen molar-refractivity contribution >= 4 is 34.6 Å². The van der Waals surface area contributed by atoms with E-state index in [1.54, 1.807) is 41.0 Å². The number of halogens is 1. The Labute approximate surface area is 137 Å². The molecule has 1 aromatic carbocycles. The van der Waals surface area contributed by atoms with Crippen molar-refractivity contribution in [3.8, 4) is 0 Å². The second-order valence-corrected chi connectivity index (χ2v) is 5.27. The van der Waals surface area contributed by atoms with Crippen molar-refractivity contribution in [1.82, 2.24) is 14.9 Å². The molecule has 23 heavy (non-hydrogen) atoms. The Morgan fingerprint density at radius 3 is 2.65 bits per heavy atom. The molecule has 0 radical (unpaired) electrons. The van der Waals surface area contributed by atoms with Crippen LogP contribution in [0.3, 0.4) is 0 Å². The van der Waals surface area contributed by atoms with Crippen molar-refractivity contribution in [3.63, 3.8) is 0 Å². The summed E-state index contributed by atoms with van der Waals surface area (Å²) in [5.74, 6) is -0.732. The third kappa shape index (κ3) is 3.67. The number of nitrogens with zero attached hydrogens (tertiary/aromatic N) is 2. The van der Waals surface area contributed by atoms with E-state index >= 15 is 0 Å². The molecule has 0 atom stereocenters. The first-order chi connectivity index (χ1) is 11.1. The van der Waals surface area contributed by atoms with Gasteiger partial charge in [0.25, 0.3) is 5.91 Å². The number of amides is 2. The third-order valence-electron chi connectivity index (χ3n) is 3.14. The molecule has 3 rings (SSSR count). The highest BCUT2D eigenvalue weighted by molar-refractivity contribution is 6.30. The molecule has 0 aliphatic rings. The molecule has 6 nitrogen and oxygen atoms in total. The molecule has 0 unspecified atom stereocenters. The van der Waals surface area contributed by atoms with Gasteiger partial charge in [0.2, 0.25) is 5.91 Å². The van der Waals surface area contributed by atoms with Gasteiger partial charge in [0.15, 0.2) is 5.69 Å². The third-order valence-corrected chi connectivity index (χ3v) is 3.39. The van der Waals surface area contributed by atoms with E-state index in [9.17, 15) is 9.59 Å². The zero-order chi connectivity index (χ0) is 16.2. The average Bonchev–Trinajstić information content (AvgIpc) is 2.99. The second-order valence-electron chi connectivity index (χ2n) is 4.84. The van der Waals surface area contributed by atoms with E-state index in [0.29, 0.717) is 10.7 Å².